The van der Waals surface area contributed by atoms with Gasteiger partial charge in [-0.05, 0) is 29.5 Å². The highest BCUT2D eigenvalue weighted by atomic mass is 16.5. The summed E-state index contributed by atoms with van der Waals surface area (Å²) in [6.07, 6.45) is 4.54. The molecule has 0 spiro atoms. The third-order valence-electron chi connectivity index (χ3n) is 6.36. The number of esters is 1. The minimum absolute atomic E-state index is 0.0489. The van der Waals surface area contributed by atoms with Crippen molar-refractivity contribution in [1.82, 2.24) is 10.2 Å². The van der Waals surface area contributed by atoms with E-state index in [-0.39, 0.29) is 31.1 Å². The van der Waals surface area contributed by atoms with E-state index in [4.69, 9.17) is 9.47 Å². The molecule has 2 aromatic carbocycles. The summed E-state index contributed by atoms with van der Waals surface area (Å²) < 4.78 is 10.5. The summed E-state index contributed by atoms with van der Waals surface area (Å²) in [5.74, 6) is -1.02. The van der Waals surface area contributed by atoms with Crippen molar-refractivity contribution < 1.29 is 23.9 Å². The predicted octanol–water partition coefficient (Wildman–Crippen LogP) is 4.07. The number of Topliss-reactive ketones (excluding diaryl/α,β-unsaturated/α-hetero) is 1. The minimum Gasteiger partial charge on any atom is -0.456 e. The van der Waals surface area contributed by atoms with Gasteiger partial charge in [-0.25, -0.2) is 0 Å². The van der Waals surface area contributed by atoms with Crippen LogP contribution in [-0.4, -0.2) is 55.5 Å². The van der Waals surface area contributed by atoms with Crippen LogP contribution in [0.2, 0.25) is 0 Å². The van der Waals surface area contributed by atoms with Gasteiger partial charge in [-0.3, -0.25) is 19.3 Å². The van der Waals surface area contributed by atoms with E-state index in [0.717, 1.165) is 56.8 Å². The lowest BCUT2D eigenvalue weighted by Crippen LogP contribution is -2.36. The molecule has 1 aliphatic rings. The molecule has 0 radical (unpaired) electrons. The van der Waals surface area contributed by atoms with Crippen LogP contribution in [0, 0.1) is 0 Å². The monoisotopic (exact) mass is 494 g/mol. The first-order valence-corrected chi connectivity index (χ1v) is 13.0. The minimum atomic E-state index is -0.553. The van der Waals surface area contributed by atoms with E-state index in [2.05, 4.69) is 23.2 Å². The van der Waals surface area contributed by atoms with Crippen LogP contribution >= 0.6 is 0 Å². The van der Waals surface area contributed by atoms with Gasteiger partial charge in [0.2, 0.25) is 0 Å². The molecule has 1 fully saturated rings. The Morgan fingerprint density at radius 2 is 1.67 bits per heavy atom. The van der Waals surface area contributed by atoms with Crippen LogP contribution in [0.5, 0.6) is 0 Å². The third-order valence-corrected chi connectivity index (χ3v) is 6.36. The Hall–Kier alpha value is -3.03. The third kappa shape index (κ3) is 9.55. The highest BCUT2D eigenvalue weighted by Crippen LogP contribution is 2.14. The molecule has 0 unspecified atom stereocenters. The lowest BCUT2D eigenvalue weighted by molar-refractivity contribution is -0.148. The average Bonchev–Trinajstić information content (AvgIpc) is 2.91. The number of hydrogen-bond donors (Lipinski definition) is 1. The molecule has 0 bridgehead atoms. The number of amides is 1. The quantitative estimate of drug-likeness (QED) is 0.242. The molecule has 2 aromatic rings. The van der Waals surface area contributed by atoms with Gasteiger partial charge in [0.05, 0.1) is 19.6 Å². The van der Waals surface area contributed by atoms with Crippen LogP contribution in [0.25, 0.3) is 0 Å². The van der Waals surface area contributed by atoms with E-state index >= 15 is 0 Å². The Labute approximate surface area is 214 Å². The number of morpholine rings is 1. The fourth-order valence-corrected chi connectivity index (χ4v) is 4.14. The topological polar surface area (TPSA) is 84.9 Å². The van der Waals surface area contributed by atoms with Crippen LogP contribution in [0.3, 0.4) is 0 Å². The Balaban J connectivity index is 1.35. The number of aryl methyl sites for hydroxylation is 1. The zero-order chi connectivity index (χ0) is 25.6. The first kappa shape index (κ1) is 27.6. The number of carbonyl (C=O) groups is 3. The average molecular weight is 495 g/mol. The Morgan fingerprint density at radius 1 is 0.944 bits per heavy atom. The molecule has 1 heterocycles. The molecule has 194 valence electrons. The fourth-order valence-electron chi connectivity index (χ4n) is 4.14. The van der Waals surface area contributed by atoms with Crippen LogP contribution in [0.1, 0.15) is 66.1 Å². The maximum atomic E-state index is 12.4. The van der Waals surface area contributed by atoms with E-state index in [0.29, 0.717) is 12.1 Å². The Bertz CT molecular complexity index is 983. The van der Waals surface area contributed by atoms with Gasteiger partial charge in [0.15, 0.2) is 12.4 Å². The molecule has 1 amide bonds. The number of nitrogens with one attached hydrogen (secondary N) is 1. The summed E-state index contributed by atoms with van der Waals surface area (Å²) in [6.45, 7) is 6.25. The van der Waals surface area contributed by atoms with Crippen molar-refractivity contribution in [3.8, 4) is 0 Å². The number of rotatable bonds is 14. The second-order valence-electron chi connectivity index (χ2n) is 9.17. The van der Waals surface area contributed by atoms with Crippen LogP contribution in [0.4, 0.5) is 0 Å². The summed E-state index contributed by atoms with van der Waals surface area (Å²) in [5.41, 5.74) is 4.00. The summed E-state index contributed by atoms with van der Waals surface area (Å²) in [5, 5.41) is 2.82. The number of benzene rings is 2. The van der Waals surface area contributed by atoms with Crippen molar-refractivity contribution in [2.24, 2.45) is 0 Å². The number of carbonyl (C=O) groups excluding carboxylic acids is 3. The van der Waals surface area contributed by atoms with Gasteiger partial charge < -0.3 is 14.8 Å². The van der Waals surface area contributed by atoms with Gasteiger partial charge in [0.1, 0.15) is 0 Å². The van der Waals surface area contributed by atoms with Crippen molar-refractivity contribution in [2.75, 3.05) is 32.9 Å². The van der Waals surface area contributed by atoms with Crippen molar-refractivity contribution >= 4 is 17.7 Å². The van der Waals surface area contributed by atoms with E-state index in [1.165, 1.54) is 18.4 Å². The zero-order valence-electron chi connectivity index (χ0n) is 21.3. The molecule has 1 aliphatic heterocycles. The fraction of sp³-hybridized carbons (Fsp3) is 0.483. The Morgan fingerprint density at radius 3 is 2.39 bits per heavy atom. The van der Waals surface area contributed by atoms with Crippen LogP contribution in [-0.2, 0) is 38.6 Å². The number of unbranched alkanes of at least 4 members (excludes halogenated alkanes) is 2. The highest BCUT2D eigenvalue weighted by Gasteiger charge is 2.14. The van der Waals surface area contributed by atoms with Gasteiger partial charge in [-0.15, -0.1) is 0 Å². The normalized spacial score (nSPS) is 13.8. The molecular formula is C29H38N2O5. The lowest BCUT2D eigenvalue weighted by atomic mass is 10.0. The van der Waals surface area contributed by atoms with E-state index < -0.39 is 5.97 Å². The molecule has 1 saturated heterocycles. The number of nitrogens with zero attached hydrogens (tertiary/aromatic N) is 1. The van der Waals surface area contributed by atoms with Crippen molar-refractivity contribution in [2.45, 2.75) is 58.5 Å². The number of ether oxygens (including phenoxy) is 2. The van der Waals surface area contributed by atoms with Crippen LogP contribution in [0.15, 0.2) is 48.5 Å². The van der Waals surface area contributed by atoms with Gasteiger partial charge in [0, 0.05) is 38.2 Å². The van der Waals surface area contributed by atoms with E-state index in [1.807, 2.05) is 42.5 Å². The maximum Gasteiger partial charge on any atom is 0.306 e. The van der Waals surface area contributed by atoms with Crippen LogP contribution < -0.4 is 5.32 Å². The zero-order valence-corrected chi connectivity index (χ0v) is 21.3. The standard InChI is InChI=1S/C29H38N2O5/c1-2-3-4-7-23-10-12-24(13-11-23)27(32)14-15-29(34)36-22-28(33)30-20-25-8-5-6-9-26(25)21-31-16-18-35-19-17-31/h5-6,8-13H,2-4,7,14-22H2,1H3,(H,30,33). The second-order valence-corrected chi connectivity index (χ2v) is 9.17. The number of ketones is 1. The summed E-state index contributed by atoms with van der Waals surface area (Å²) in [7, 11) is 0. The first-order chi connectivity index (χ1) is 17.5. The van der Waals surface area contributed by atoms with E-state index in [9.17, 15) is 14.4 Å². The Kier molecular flexibility index (Phi) is 11.6. The van der Waals surface area contributed by atoms with E-state index in [1.54, 1.807) is 0 Å². The molecule has 0 atom stereocenters. The summed E-state index contributed by atoms with van der Waals surface area (Å²) >= 11 is 0. The molecule has 0 aliphatic carbocycles. The van der Waals surface area contributed by atoms with Crippen molar-refractivity contribution in [1.29, 1.82) is 0 Å². The van der Waals surface area contributed by atoms with Gasteiger partial charge in [-0.1, -0.05) is 68.3 Å². The number of hydrogen-bond acceptors (Lipinski definition) is 6. The largest absolute Gasteiger partial charge is 0.456 e. The van der Waals surface area contributed by atoms with Crippen molar-refractivity contribution in [3.63, 3.8) is 0 Å². The molecule has 7 nitrogen and oxygen atoms in total. The van der Waals surface area contributed by atoms with Crippen molar-refractivity contribution in [3.05, 3.63) is 70.8 Å². The molecular weight excluding hydrogens is 456 g/mol. The predicted molar refractivity (Wildman–Crippen MR) is 139 cm³/mol. The summed E-state index contributed by atoms with van der Waals surface area (Å²) in [6, 6.07) is 15.6. The smallest absolute Gasteiger partial charge is 0.306 e. The highest BCUT2D eigenvalue weighted by molar-refractivity contribution is 5.97. The lowest BCUT2D eigenvalue weighted by Gasteiger charge is -2.27. The SMILES string of the molecule is CCCCCc1ccc(C(=O)CCC(=O)OCC(=O)NCc2ccccc2CN2CCOCC2)cc1. The second kappa shape index (κ2) is 15.2. The molecule has 1 N–H and O–H groups in total. The summed E-state index contributed by atoms with van der Waals surface area (Å²) in [4.78, 5) is 39.0. The molecule has 0 saturated carbocycles. The first-order valence-electron chi connectivity index (χ1n) is 13.0. The molecule has 0 aromatic heterocycles. The molecule has 36 heavy (non-hydrogen) atoms. The maximum absolute atomic E-state index is 12.4. The van der Waals surface area contributed by atoms with Gasteiger partial charge in [0.25, 0.3) is 5.91 Å². The molecule has 3 rings (SSSR count). The van der Waals surface area contributed by atoms with Gasteiger partial charge >= 0.3 is 5.97 Å². The van der Waals surface area contributed by atoms with Gasteiger partial charge in [-0.2, -0.15) is 0 Å². The molecule has 7 heteroatoms.